The van der Waals surface area contributed by atoms with Gasteiger partial charge in [0.2, 0.25) is 5.96 Å². The molecule has 10 heteroatoms. The van der Waals surface area contributed by atoms with Crippen LogP contribution in [0.25, 0.3) is 5.57 Å². The van der Waals surface area contributed by atoms with Crippen LogP contribution in [0.15, 0.2) is 62.9 Å². The molecule has 3 rings (SSSR count). The Morgan fingerprint density at radius 1 is 1.17 bits per heavy atom. The lowest BCUT2D eigenvalue weighted by molar-refractivity contribution is 0.101. The van der Waals surface area contributed by atoms with E-state index in [0.717, 1.165) is 23.3 Å². The van der Waals surface area contributed by atoms with E-state index in [1.807, 2.05) is 4.90 Å². The van der Waals surface area contributed by atoms with Crippen LogP contribution in [-0.2, 0) is 0 Å². The van der Waals surface area contributed by atoms with E-state index in [9.17, 15) is 13.6 Å². The number of nitrogens with two attached hydrogens (primary N) is 1. The number of benzene rings is 2. The summed E-state index contributed by atoms with van der Waals surface area (Å²) in [6, 6.07) is 10.0. The summed E-state index contributed by atoms with van der Waals surface area (Å²) >= 11 is 6.41. The topological polar surface area (TPSA) is 95.4 Å². The molecule has 0 unspecified atom stereocenters. The lowest BCUT2D eigenvalue weighted by atomic mass is 10.0. The number of halogens is 3. The summed E-state index contributed by atoms with van der Waals surface area (Å²) in [4.78, 5) is 14.1. The fourth-order valence-electron chi connectivity index (χ4n) is 3.00. The molecule has 156 valence electrons. The van der Waals surface area contributed by atoms with E-state index < -0.39 is 23.1 Å². The van der Waals surface area contributed by atoms with Gasteiger partial charge in [-0.3, -0.25) is 4.79 Å². The van der Waals surface area contributed by atoms with E-state index >= 15 is 0 Å². The van der Waals surface area contributed by atoms with Gasteiger partial charge in [-0.15, -0.1) is 0 Å². The number of carbonyl (C=O) groups excluding carboxylic acids is 1. The molecule has 0 saturated heterocycles. The van der Waals surface area contributed by atoms with Gasteiger partial charge in [-0.25, -0.2) is 8.78 Å². The molecule has 1 aliphatic rings. The van der Waals surface area contributed by atoms with Crippen molar-refractivity contribution in [2.45, 2.75) is 6.42 Å². The maximum absolute atomic E-state index is 13.8. The molecular formula is C20H19ClF2N6O. The fraction of sp³-hybridized carbons (Fsp3) is 0.200. The second kappa shape index (κ2) is 9.45. The van der Waals surface area contributed by atoms with Gasteiger partial charge >= 0.3 is 0 Å². The molecule has 1 heterocycles. The number of hydrogen-bond acceptors (Lipinski definition) is 3. The Morgan fingerprint density at radius 3 is 2.47 bits per heavy atom. The van der Waals surface area contributed by atoms with Gasteiger partial charge in [0.1, 0.15) is 17.2 Å². The highest BCUT2D eigenvalue weighted by atomic mass is 35.5. The smallest absolute Gasteiger partial charge is 0.261 e. The predicted molar refractivity (Wildman–Crippen MR) is 112 cm³/mol. The van der Waals surface area contributed by atoms with Crippen LogP contribution in [-0.4, -0.2) is 36.9 Å². The molecule has 3 N–H and O–H groups in total. The number of anilines is 1. The number of hydrogen-bond donors (Lipinski definition) is 2. The zero-order valence-corrected chi connectivity index (χ0v) is 16.8. The van der Waals surface area contributed by atoms with Gasteiger partial charge in [0.05, 0.1) is 7.05 Å². The summed E-state index contributed by atoms with van der Waals surface area (Å²) in [7, 11) is 1.50. The predicted octanol–water partition coefficient (Wildman–Crippen LogP) is 4.18. The van der Waals surface area contributed by atoms with Crippen LogP contribution in [0.1, 0.15) is 22.3 Å². The van der Waals surface area contributed by atoms with Gasteiger partial charge in [-0.2, -0.15) is 5.11 Å². The molecule has 2 aromatic rings. The van der Waals surface area contributed by atoms with Crippen molar-refractivity contribution >= 4 is 34.7 Å². The first-order chi connectivity index (χ1) is 14.4. The SMILES string of the molecule is CN=NN=C(N)N1CCC(Cl)=C(c2ccc(NC(=O)c3c(F)cccc3F)cc2)C1. The second-order valence-corrected chi connectivity index (χ2v) is 6.89. The van der Waals surface area contributed by atoms with Crippen LogP contribution in [0.4, 0.5) is 14.5 Å². The van der Waals surface area contributed by atoms with Crippen LogP contribution < -0.4 is 11.1 Å². The molecule has 0 saturated carbocycles. The second-order valence-electron chi connectivity index (χ2n) is 6.43. The number of carbonyl (C=O) groups is 1. The summed E-state index contributed by atoms with van der Waals surface area (Å²) in [6.07, 6.45) is 0.585. The van der Waals surface area contributed by atoms with Gasteiger partial charge in [0.25, 0.3) is 5.91 Å². The highest BCUT2D eigenvalue weighted by Gasteiger charge is 2.21. The summed E-state index contributed by atoms with van der Waals surface area (Å²) < 4.78 is 27.5. The van der Waals surface area contributed by atoms with Gasteiger partial charge in [-0.05, 0) is 40.6 Å². The third kappa shape index (κ3) is 4.80. The summed E-state index contributed by atoms with van der Waals surface area (Å²) in [6.45, 7) is 1.03. The Balaban J connectivity index is 1.76. The number of rotatable bonds is 4. The van der Waals surface area contributed by atoms with Crippen LogP contribution in [0.5, 0.6) is 0 Å². The van der Waals surface area contributed by atoms with Crippen LogP contribution >= 0.6 is 11.6 Å². The number of nitrogens with zero attached hydrogens (tertiary/aromatic N) is 4. The number of guanidine groups is 1. The zero-order chi connectivity index (χ0) is 21.7. The maximum Gasteiger partial charge on any atom is 0.261 e. The molecule has 1 aliphatic heterocycles. The van der Waals surface area contributed by atoms with Crippen molar-refractivity contribution in [2.24, 2.45) is 21.2 Å². The zero-order valence-electron chi connectivity index (χ0n) is 16.1. The van der Waals surface area contributed by atoms with Gasteiger partial charge in [0, 0.05) is 30.2 Å². The Labute approximate surface area is 176 Å². The standard InChI is InChI=1S/C20H19ClF2N6O/c1-25-28-27-20(24)29-10-9-15(21)14(11-29)12-5-7-13(8-6-12)26-19(30)18-16(22)3-2-4-17(18)23/h2-8H,9-11H2,1H3,(H,26,30)(H2,24,25,27). The normalized spacial score (nSPS) is 15.1. The van der Waals surface area contributed by atoms with Crippen molar-refractivity contribution in [3.8, 4) is 0 Å². The van der Waals surface area contributed by atoms with E-state index in [2.05, 4.69) is 20.8 Å². The molecule has 2 aromatic carbocycles. The Hall–Kier alpha value is -3.33. The highest BCUT2D eigenvalue weighted by Crippen LogP contribution is 2.30. The fourth-order valence-corrected chi connectivity index (χ4v) is 3.25. The van der Waals surface area contributed by atoms with E-state index in [1.165, 1.54) is 13.1 Å². The van der Waals surface area contributed by atoms with Crippen molar-refractivity contribution < 1.29 is 13.6 Å². The molecule has 0 aromatic heterocycles. The minimum atomic E-state index is -0.926. The molecule has 0 radical (unpaired) electrons. The first-order valence-corrected chi connectivity index (χ1v) is 9.39. The molecule has 1 amide bonds. The number of amides is 1. The van der Waals surface area contributed by atoms with Crippen LogP contribution in [0, 0.1) is 11.6 Å². The van der Waals surface area contributed by atoms with Gasteiger partial charge in [-0.1, -0.05) is 34.9 Å². The van der Waals surface area contributed by atoms with Crippen LogP contribution in [0.2, 0.25) is 0 Å². The summed E-state index contributed by atoms with van der Waals surface area (Å²) in [5.74, 6) is -2.48. The lowest BCUT2D eigenvalue weighted by Gasteiger charge is -2.29. The van der Waals surface area contributed by atoms with E-state index in [0.29, 0.717) is 30.2 Å². The Bertz CT molecular complexity index is 1020. The van der Waals surface area contributed by atoms with Crippen LogP contribution in [0.3, 0.4) is 0 Å². The van der Waals surface area contributed by atoms with E-state index in [4.69, 9.17) is 17.3 Å². The summed E-state index contributed by atoms with van der Waals surface area (Å²) in [5.41, 5.74) is 7.36. The van der Waals surface area contributed by atoms with Crippen molar-refractivity contribution in [2.75, 3.05) is 25.5 Å². The van der Waals surface area contributed by atoms with Crippen molar-refractivity contribution in [1.29, 1.82) is 0 Å². The number of nitrogens with one attached hydrogen (secondary N) is 1. The maximum atomic E-state index is 13.8. The Kier molecular flexibility index (Phi) is 6.73. The molecule has 0 spiro atoms. The molecular weight excluding hydrogens is 414 g/mol. The average Bonchev–Trinajstić information content (AvgIpc) is 2.73. The molecule has 0 fully saturated rings. The minimum absolute atomic E-state index is 0.234. The highest BCUT2D eigenvalue weighted by molar-refractivity contribution is 6.33. The first kappa shape index (κ1) is 21.4. The monoisotopic (exact) mass is 432 g/mol. The van der Waals surface area contributed by atoms with Crippen molar-refractivity contribution in [3.05, 3.63) is 70.3 Å². The van der Waals surface area contributed by atoms with Gasteiger partial charge in [0.15, 0.2) is 0 Å². The molecule has 0 atom stereocenters. The molecule has 7 nitrogen and oxygen atoms in total. The summed E-state index contributed by atoms with van der Waals surface area (Å²) in [5, 5.41) is 14.1. The van der Waals surface area contributed by atoms with Crippen molar-refractivity contribution in [1.82, 2.24) is 4.90 Å². The quantitative estimate of drug-likeness (QED) is 0.328. The lowest BCUT2D eigenvalue weighted by Crippen LogP contribution is -2.41. The molecule has 30 heavy (non-hydrogen) atoms. The third-order valence-electron chi connectivity index (χ3n) is 4.52. The third-order valence-corrected chi connectivity index (χ3v) is 4.94. The molecule has 0 aliphatic carbocycles. The molecule has 0 bridgehead atoms. The Morgan fingerprint density at radius 2 is 1.83 bits per heavy atom. The van der Waals surface area contributed by atoms with E-state index in [-0.39, 0.29) is 5.96 Å². The first-order valence-electron chi connectivity index (χ1n) is 9.01. The largest absolute Gasteiger partial charge is 0.368 e. The van der Waals surface area contributed by atoms with E-state index in [1.54, 1.807) is 24.3 Å². The minimum Gasteiger partial charge on any atom is -0.368 e. The van der Waals surface area contributed by atoms with Crippen molar-refractivity contribution in [3.63, 3.8) is 0 Å². The van der Waals surface area contributed by atoms with Gasteiger partial charge < -0.3 is 16.0 Å². The average molecular weight is 433 g/mol.